The molecule has 1 aromatic rings. The number of carbonyl (C=O) groups is 2. The van der Waals surface area contributed by atoms with Crippen molar-refractivity contribution in [2.45, 2.75) is 24.5 Å². The van der Waals surface area contributed by atoms with E-state index in [1.54, 1.807) is 18.2 Å². The van der Waals surface area contributed by atoms with Gasteiger partial charge in [0.1, 0.15) is 6.10 Å². The zero-order valence-corrected chi connectivity index (χ0v) is 14.8. The van der Waals surface area contributed by atoms with Crippen molar-refractivity contribution in [3.8, 4) is 0 Å². The van der Waals surface area contributed by atoms with Gasteiger partial charge >= 0.3 is 0 Å². The third-order valence-corrected chi connectivity index (χ3v) is 5.07. The predicted molar refractivity (Wildman–Crippen MR) is 94.0 cm³/mol. The van der Waals surface area contributed by atoms with E-state index in [0.717, 1.165) is 5.57 Å². The van der Waals surface area contributed by atoms with Gasteiger partial charge in [0.2, 0.25) is 10.0 Å². The van der Waals surface area contributed by atoms with Crippen LogP contribution in [0.2, 0.25) is 0 Å². The number of hydrogen-bond donors (Lipinski definition) is 2. The summed E-state index contributed by atoms with van der Waals surface area (Å²) in [6.45, 7) is 2.05. The van der Waals surface area contributed by atoms with Crippen LogP contribution in [-0.4, -0.2) is 26.2 Å². The van der Waals surface area contributed by atoms with E-state index < -0.39 is 28.0 Å². The first kappa shape index (κ1) is 18.1. The third-order valence-electron chi connectivity index (χ3n) is 4.14. The zero-order valence-electron chi connectivity index (χ0n) is 14.0. The zero-order chi connectivity index (χ0) is 18.9. The number of fused-ring (bicyclic) bond motifs is 1. The number of amides is 1. The highest BCUT2D eigenvalue weighted by Crippen LogP contribution is 2.27. The molecule has 0 saturated carbocycles. The van der Waals surface area contributed by atoms with Crippen molar-refractivity contribution in [3.63, 3.8) is 0 Å². The molecule has 0 aromatic heterocycles. The standard InChI is InChI=1S/C18H18N2O5S/c1-11-2-7-16-14(8-11)15(21)9-17(25-16)18(22)20-10-12-3-5-13(6-4-12)26(19,23)24/h2-9,14,16H,10H2,1H3,(H,20,22)(H2,19,23,24)/t14-,16+/m0/s1. The molecular weight excluding hydrogens is 356 g/mol. The van der Waals surface area contributed by atoms with Crippen LogP contribution < -0.4 is 10.5 Å². The van der Waals surface area contributed by atoms with Crippen LogP contribution in [0.4, 0.5) is 0 Å². The Labute approximate surface area is 151 Å². The number of allylic oxidation sites excluding steroid dienone is 3. The Hall–Kier alpha value is -2.71. The van der Waals surface area contributed by atoms with Gasteiger partial charge in [-0.2, -0.15) is 0 Å². The van der Waals surface area contributed by atoms with Crippen LogP contribution in [-0.2, 0) is 30.9 Å². The molecule has 0 radical (unpaired) electrons. The van der Waals surface area contributed by atoms with E-state index in [2.05, 4.69) is 5.32 Å². The van der Waals surface area contributed by atoms with Crippen LogP contribution in [0, 0.1) is 5.92 Å². The molecule has 26 heavy (non-hydrogen) atoms. The molecule has 1 aromatic carbocycles. The molecule has 1 heterocycles. The second-order valence-corrected chi connectivity index (χ2v) is 7.72. The van der Waals surface area contributed by atoms with Crippen molar-refractivity contribution >= 4 is 21.7 Å². The molecule has 3 N–H and O–H groups in total. The quantitative estimate of drug-likeness (QED) is 0.814. The molecule has 0 bridgehead atoms. The fourth-order valence-electron chi connectivity index (χ4n) is 2.75. The Kier molecular flexibility index (Phi) is 4.80. The molecule has 7 nitrogen and oxygen atoms in total. The summed E-state index contributed by atoms with van der Waals surface area (Å²) in [4.78, 5) is 24.5. The van der Waals surface area contributed by atoms with E-state index in [4.69, 9.17) is 9.88 Å². The van der Waals surface area contributed by atoms with E-state index in [9.17, 15) is 18.0 Å². The molecule has 0 fully saturated rings. The van der Waals surface area contributed by atoms with Crippen molar-refractivity contribution in [3.05, 3.63) is 65.5 Å². The molecule has 136 valence electrons. The number of nitrogens with two attached hydrogens (primary N) is 1. The molecule has 3 rings (SSSR count). The summed E-state index contributed by atoms with van der Waals surface area (Å²) in [5, 5.41) is 7.69. The van der Waals surface area contributed by atoms with Crippen molar-refractivity contribution in [2.24, 2.45) is 11.1 Å². The van der Waals surface area contributed by atoms with E-state index in [-0.39, 0.29) is 23.0 Å². The average molecular weight is 374 g/mol. The van der Waals surface area contributed by atoms with Crippen molar-refractivity contribution in [2.75, 3.05) is 0 Å². The lowest BCUT2D eigenvalue weighted by atomic mass is 9.88. The number of nitrogens with one attached hydrogen (secondary N) is 1. The van der Waals surface area contributed by atoms with E-state index in [1.807, 2.05) is 19.1 Å². The summed E-state index contributed by atoms with van der Waals surface area (Å²) >= 11 is 0. The lowest BCUT2D eigenvalue weighted by Gasteiger charge is -2.29. The van der Waals surface area contributed by atoms with Gasteiger partial charge < -0.3 is 10.1 Å². The van der Waals surface area contributed by atoms with Crippen molar-refractivity contribution < 1.29 is 22.7 Å². The molecule has 8 heteroatoms. The summed E-state index contributed by atoms with van der Waals surface area (Å²) in [6, 6.07) is 5.83. The van der Waals surface area contributed by atoms with Crippen LogP contribution in [0.3, 0.4) is 0 Å². The SMILES string of the molecule is CC1=C[C@H]2C(=O)C=C(C(=O)NCc3ccc(S(N)(=O)=O)cc3)O[C@@H]2C=C1. The first-order valence-electron chi connectivity index (χ1n) is 7.93. The lowest BCUT2D eigenvalue weighted by molar-refractivity contribution is -0.128. The third kappa shape index (κ3) is 3.92. The molecule has 0 saturated heterocycles. The first-order chi connectivity index (χ1) is 12.2. The fraction of sp³-hybridized carbons (Fsp3) is 0.222. The summed E-state index contributed by atoms with van der Waals surface area (Å²) < 4.78 is 28.1. The van der Waals surface area contributed by atoms with Gasteiger partial charge in [0, 0.05) is 12.6 Å². The molecule has 1 aliphatic carbocycles. The minimum absolute atomic E-state index is 0.00466. The van der Waals surface area contributed by atoms with Gasteiger partial charge in [-0.05, 0) is 30.7 Å². The molecule has 1 aliphatic heterocycles. The average Bonchev–Trinajstić information content (AvgIpc) is 2.59. The smallest absolute Gasteiger partial charge is 0.286 e. The Balaban J connectivity index is 1.65. The Bertz CT molecular complexity index is 942. The van der Waals surface area contributed by atoms with Gasteiger partial charge in [0.25, 0.3) is 5.91 Å². The Morgan fingerprint density at radius 3 is 2.62 bits per heavy atom. The number of primary sulfonamides is 1. The molecule has 0 unspecified atom stereocenters. The molecule has 1 amide bonds. The summed E-state index contributed by atoms with van der Waals surface area (Å²) in [5.41, 5.74) is 1.66. The number of rotatable bonds is 4. The highest BCUT2D eigenvalue weighted by Gasteiger charge is 2.34. The van der Waals surface area contributed by atoms with Crippen LogP contribution in [0.15, 0.2) is 64.8 Å². The summed E-state index contributed by atoms with van der Waals surface area (Å²) in [7, 11) is -3.75. The number of carbonyl (C=O) groups excluding carboxylic acids is 2. The van der Waals surface area contributed by atoms with Gasteiger partial charge in [0.05, 0.1) is 10.8 Å². The predicted octanol–water partition coefficient (Wildman–Crippen LogP) is 0.934. The van der Waals surface area contributed by atoms with Crippen LogP contribution >= 0.6 is 0 Å². The van der Waals surface area contributed by atoms with E-state index in [0.29, 0.717) is 5.56 Å². The van der Waals surface area contributed by atoms with Crippen LogP contribution in [0.1, 0.15) is 12.5 Å². The van der Waals surface area contributed by atoms with Crippen LogP contribution in [0.5, 0.6) is 0 Å². The van der Waals surface area contributed by atoms with Gasteiger partial charge in [-0.25, -0.2) is 13.6 Å². The Morgan fingerprint density at radius 1 is 1.27 bits per heavy atom. The summed E-state index contributed by atoms with van der Waals surface area (Å²) in [6.07, 6.45) is 6.17. The number of hydrogen-bond acceptors (Lipinski definition) is 5. The lowest BCUT2D eigenvalue weighted by Crippen LogP contribution is -2.37. The molecule has 2 atom stereocenters. The maximum absolute atomic E-state index is 12.3. The molecule has 2 aliphatic rings. The topological polar surface area (TPSA) is 116 Å². The molecule has 0 spiro atoms. The number of ketones is 1. The van der Waals surface area contributed by atoms with E-state index >= 15 is 0 Å². The number of sulfonamides is 1. The minimum Gasteiger partial charge on any atom is -0.479 e. The largest absolute Gasteiger partial charge is 0.479 e. The highest BCUT2D eigenvalue weighted by molar-refractivity contribution is 7.89. The van der Waals surface area contributed by atoms with Crippen molar-refractivity contribution in [1.82, 2.24) is 5.32 Å². The second kappa shape index (κ2) is 6.89. The highest BCUT2D eigenvalue weighted by atomic mass is 32.2. The van der Waals surface area contributed by atoms with E-state index in [1.165, 1.54) is 18.2 Å². The monoisotopic (exact) mass is 374 g/mol. The second-order valence-electron chi connectivity index (χ2n) is 6.16. The maximum atomic E-state index is 12.3. The molecular formula is C18H18N2O5S. The first-order valence-corrected chi connectivity index (χ1v) is 9.47. The van der Waals surface area contributed by atoms with Gasteiger partial charge in [-0.1, -0.05) is 29.9 Å². The van der Waals surface area contributed by atoms with Gasteiger partial charge in [-0.3, -0.25) is 9.59 Å². The Morgan fingerprint density at radius 2 is 1.96 bits per heavy atom. The number of benzene rings is 1. The van der Waals surface area contributed by atoms with Gasteiger partial charge in [0.15, 0.2) is 11.5 Å². The summed E-state index contributed by atoms with van der Waals surface area (Å²) in [5.74, 6) is -1.11. The fourth-order valence-corrected chi connectivity index (χ4v) is 3.26. The van der Waals surface area contributed by atoms with Gasteiger partial charge in [-0.15, -0.1) is 0 Å². The van der Waals surface area contributed by atoms with Crippen LogP contribution in [0.25, 0.3) is 0 Å². The van der Waals surface area contributed by atoms with Crippen molar-refractivity contribution in [1.29, 1.82) is 0 Å². The minimum atomic E-state index is -3.75. The maximum Gasteiger partial charge on any atom is 0.286 e. The number of ether oxygens (including phenoxy) is 1. The normalized spacial score (nSPS) is 22.0.